The molecule has 1 aromatic rings. The van der Waals surface area contributed by atoms with E-state index in [-0.39, 0.29) is 0 Å². The van der Waals surface area contributed by atoms with E-state index in [1.54, 1.807) is 6.07 Å². The van der Waals surface area contributed by atoms with Crippen molar-refractivity contribution in [3.8, 4) is 5.75 Å². The first-order valence-corrected chi connectivity index (χ1v) is 5.46. The number of phenols is 1. The largest absolute Gasteiger partial charge is 0.508 e. The van der Waals surface area contributed by atoms with Crippen LogP contribution in [0.25, 0.3) is 0 Å². The van der Waals surface area contributed by atoms with Gasteiger partial charge in [0.2, 0.25) is 0 Å². The fraction of sp³-hybridized carbons (Fsp3) is 0.417. The molecule has 1 unspecified atom stereocenters. The van der Waals surface area contributed by atoms with Gasteiger partial charge in [0.15, 0.2) is 0 Å². The lowest BCUT2D eigenvalue weighted by atomic mass is 9.97. The summed E-state index contributed by atoms with van der Waals surface area (Å²) in [6.07, 6.45) is 1.72. The maximum absolute atomic E-state index is 9.38. The maximum atomic E-state index is 9.38. The van der Waals surface area contributed by atoms with Crippen LogP contribution in [0.1, 0.15) is 24.5 Å². The minimum Gasteiger partial charge on any atom is -0.508 e. The molecule has 1 atom stereocenters. The van der Waals surface area contributed by atoms with Gasteiger partial charge in [-0.1, -0.05) is 31.3 Å². The van der Waals surface area contributed by atoms with Crippen LogP contribution in [0.5, 0.6) is 5.75 Å². The van der Waals surface area contributed by atoms with Gasteiger partial charge < -0.3 is 10.8 Å². The van der Waals surface area contributed by atoms with Crippen LogP contribution in [0.4, 0.5) is 0 Å². The Bertz CT molecular complexity index is 363. The summed E-state index contributed by atoms with van der Waals surface area (Å²) in [5, 5.41) is 9.38. The highest BCUT2D eigenvalue weighted by Crippen LogP contribution is 2.19. The lowest BCUT2D eigenvalue weighted by molar-refractivity contribution is 0.470. The summed E-state index contributed by atoms with van der Waals surface area (Å²) in [5.41, 5.74) is 7.62. The second-order valence-corrected chi connectivity index (χ2v) is 4.62. The van der Waals surface area contributed by atoms with Crippen molar-refractivity contribution in [2.45, 2.75) is 26.7 Å². The zero-order chi connectivity index (χ0) is 11.4. The smallest absolute Gasteiger partial charge is 0.118 e. The molecule has 3 N–H and O–H groups in total. The molecule has 3 heteroatoms. The van der Waals surface area contributed by atoms with Crippen molar-refractivity contribution in [3.63, 3.8) is 0 Å². The summed E-state index contributed by atoms with van der Waals surface area (Å²) in [7, 11) is 0. The monoisotopic (exact) mass is 223 g/mol. The summed E-state index contributed by atoms with van der Waals surface area (Å²) < 4.78 is 0. The standard InChI is InChI=1S/C12H17NOS/c1-8(6-12(13)15)5-10-3-4-11(14)9(2)7-10/h3-4,7-8,14H,5-6H2,1-2H3,(H2,13,15). The van der Waals surface area contributed by atoms with Gasteiger partial charge in [0.05, 0.1) is 4.99 Å². The number of phenolic OH excluding ortho intramolecular Hbond substituents is 1. The molecule has 0 spiro atoms. The molecule has 0 bridgehead atoms. The molecule has 0 aromatic heterocycles. The number of thiocarbonyl (C=S) groups is 1. The molecule has 0 amide bonds. The minimum atomic E-state index is 0.348. The highest BCUT2D eigenvalue weighted by Gasteiger charge is 2.06. The number of aryl methyl sites for hydroxylation is 1. The highest BCUT2D eigenvalue weighted by atomic mass is 32.1. The van der Waals surface area contributed by atoms with E-state index in [1.165, 1.54) is 5.56 Å². The summed E-state index contributed by atoms with van der Waals surface area (Å²) in [5.74, 6) is 0.798. The van der Waals surface area contributed by atoms with Gasteiger partial charge in [0.25, 0.3) is 0 Å². The maximum Gasteiger partial charge on any atom is 0.118 e. The van der Waals surface area contributed by atoms with E-state index in [4.69, 9.17) is 18.0 Å². The Labute approximate surface area is 96.1 Å². The minimum absolute atomic E-state index is 0.348. The normalized spacial score (nSPS) is 12.4. The van der Waals surface area contributed by atoms with Gasteiger partial charge in [-0.25, -0.2) is 0 Å². The topological polar surface area (TPSA) is 46.2 Å². The predicted octanol–water partition coefficient (Wildman–Crippen LogP) is 2.56. The third-order valence-corrected chi connectivity index (χ3v) is 2.56. The Kier molecular flexibility index (Phi) is 4.09. The number of hydrogen-bond donors (Lipinski definition) is 2. The molecule has 2 nitrogen and oxygen atoms in total. The van der Waals surface area contributed by atoms with Crippen LogP contribution < -0.4 is 5.73 Å². The van der Waals surface area contributed by atoms with Crippen LogP contribution in [0.2, 0.25) is 0 Å². The van der Waals surface area contributed by atoms with Crippen LogP contribution >= 0.6 is 12.2 Å². The quantitative estimate of drug-likeness (QED) is 0.771. The van der Waals surface area contributed by atoms with Crippen molar-refractivity contribution in [1.29, 1.82) is 0 Å². The van der Waals surface area contributed by atoms with Crippen LogP contribution in [0.3, 0.4) is 0 Å². The molecule has 0 fully saturated rings. The van der Waals surface area contributed by atoms with E-state index < -0.39 is 0 Å². The Morgan fingerprint density at radius 3 is 2.73 bits per heavy atom. The van der Waals surface area contributed by atoms with E-state index in [9.17, 15) is 5.11 Å². The Morgan fingerprint density at radius 2 is 2.20 bits per heavy atom. The molecular weight excluding hydrogens is 206 g/mol. The summed E-state index contributed by atoms with van der Waals surface area (Å²) >= 11 is 4.87. The van der Waals surface area contributed by atoms with Crippen molar-refractivity contribution in [3.05, 3.63) is 29.3 Å². The van der Waals surface area contributed by atoms with Crippen LogP contribution in [0, 0.1) is 12.8 Å². The van der Waals surface area contributed by atoms with Crippen molar-refractivity contribution in [2.24, 2.45) is 11.7 Å². The third kappa shape index (κ3) is 3.88. The zero-order valence-electron chi connectivity index (χ0n) is 9.16. The van der Waals surface area contributed by atoms with Crippen LogP contribution in [-0.2, 0) is 6.42 Å². The Morgan fingerprint density at radius 1 is 1.53 bits per heavy atom. The fourth-order valence-corrected chi connectivity index (χ4v) is 1.95. The average Bonchev–Trinajstić information content (AvgIpc) is 2.10. The second-order valence-electron chi connectivity index (χ2n) is 4.10. The highest BCUT2D eigenvalue weighted by molar-refractivity contribution is 7.80. The van der Waals surface area contributed by atoms with Crippen molar-refractivity contribution < 1.29 is 5.11 Å². The summed E-state index contributed by atoms with van der Waals surface area (Å²) in [4.78, 5) is 0.568. The molecule has 1 aromatic carbocycles. The van der Waals surface area contributed by atoms with Crippen molar-refractivity contribution in [1.82, 2.24) is 0 Å². The van der Waals surface area contributed by atoms with Gasteiger partial charge in [0, 0.05) is 6.42 Å². The predicted molar refractivity (Wildman–Crippen MR) is 67.1 cm³/mol. The number of benzene rings is 1. The van der Waals surface area contributed by atoms with E-state index in [2.05, 4.69) is 6.92 Å². The lowest BCUT2D eigenvalue weighted by Crippen LogP contribution is -2.13. The molecule has 15 heavy (non-hydrogen) atoms. The van der Waals surface area contributed by atoms with Crippen molar-refractivity contribution >= 4 is 17.2 Å². The first-order valence-electron chi connectivity index (χ1n) is 5.06. The molecule has 0 aliphatic heterocycles. The zero-order valence-corrected chi connectivity index (χ0v) is 9.97. The molecule has 0 heterocycles. The molecule has 0 aliphatic carbocycles. The molecular formula is C12H17NOS. The summed E-state index contributed by atoms with van der Waals surface area (Å²) in [6.45, 7) is 4.03. The van der Waals surface area contributed by atoms with Crippen LogP contribution in [0.15, 0.2) is 18.2 Å². The summed E-state index contributed by atoms with van der Waals surface area (Å²) in [6, 6.07) is 5.68. The van der Waals surface area contributed by atoms with Gasteiger partial charge >= 0.3 is 0 Å². The number of aromatic hydroxyl groups is 1. The van der Waals surface area contributed by atoms with Gasteiger partial charge in [0.1, 0.15) is 5.75 Å². The van der Waals surface area contributed by atoms with Gasteiger partial charge in [-0.15, -0.1) is 0 Å². The fourth-order valence-electron chi connectivity index (χ4n) is 1.66. The Hall–Kier alpha value is -1.09. The number of rotatable bonds is 4. The second kappa shape index (κ2) is 5.12. The average molecular weight is 223 g/mol. The van der Waals surface area contributed by atoms with E-state index in [0.717, 1.165) is 18.4 Å². The first kappa shape index (κ1) is 12.0. The van der Waals surface area contributed by atoms with Gasteiger partial charge in [-0.3, -0.25) is 0 Å². The number of hydrogen-bond acceptors (Lipinski definition) is 2. The third-order valence-electron chi connectivity index (χ3n) is 2.40. The lowest BCUT2D eigenvalue weighted by Gasteiger charge is -2.11. The number of nitrogens with two attached hydrogens (primary N) is 1. The first-order chi connectivity index (χ1) is 6.99. The van der Waals surface area contributed by atoms with Crippen molar-refractivity contribution in [2.75, 3.05) is 0 Å². The van der Waals surface area contributed by atoms with Gasteiger partial charge in [-0.05, 0) is 36.5 Å². The molecule has 0 aliphatic rings. The van der Waals surface area contributed by atoms with E-state index >= 15 is 0 Å². The molecule has 0 saturated heterocycles. The van der Waals surface area contributed by atoms with E-state index in [1.807, 2.05) is 19.1 Å². The molecule has 0 radical (unpaired) electrons. The molecule has 0 saturated carbocycles. The SMILES string of the molecule is Cc1cc(CC(C)CC(N)=S)ccc1O. The molecule has 82 valence electrons. The van der Waals surface area contributed by atoms with Gasteiger partial charge in [-0.2, -0.15) is 0 Å². The molecule has 1 rings (SSSR count). The Balaban J connectivity index is 2.64. The van der Waals surface area contributed by atoms with Crippen LogP contribution in [-0.4, -0.2) is 10.1 Å². The van der Waals surface area contributed by atoms with E-state index in [0.29, 0.717) is 16.7 Å².